The lowest BCUT2D eigenvalue weighted by molar-refractivity contribution is -0.274. The second kappa shape index (κ2) is 16.3. The number of alkyl halides is 5. The van der Waals surface area contributed by atoms with Crippen molar-refractivity contribution in [2.24, 2.45) is 16.8 Å². The van der Waals surface area contributed by atoms with Crippen LogP contribution < -0.4 is 25.4 Å². The molecule has 7 nitrogen and oxygen atoms in total. The van der Waals surface area contributed by atoms with E-state index in [-0.39, 0.29) is 28.6 Å². The Morgan fingerprint density at radius 3 is 2.20 bits per heavy atom. The Labute approximate surface area is 264 Å². The first-order valence-electron chi connectivity index (χ1n) is 14.2. The molecule has 0 aliphatic heterocycles. The molecule has 0 spiro atoms. The number of aliphatic imine (C=N–C) groups is 1. The quantitative estimate of drug-likeness (QED) is 0.150. The molecular weight excluding hydrogens is 619 g/mol. The first-order valence-corrected chi connectivity index (χ1v) is 14.5. The highest BCUT2D eigenvalue weighted by Crippen LogP contribution is 2.35. The van der Waals surface area contributed by atoms with E-state index in [1.165, 1.54) is 42.8 Å². The van der Waals surface area contributed by atoms with E-state index in [0.717, 1.165) is 30.3 Å². The molecule has 3 aromatic rings. The number of ether oxygens (including phenoxy) is 2. The summed E-state index contributed by atoms with van der Waals surface area (Å²) in [6.45, 7) is 7.88. The number of halogens is 6. The summed E-state index contributed by atoms with van der Waals surface area (Å²) < 4.78 is 70.0. The van der Waals surface area contributed by atoms with E-state index in [2.05, 4.69) is 46.2 Å². The molecule has 0 saturated heterocycles. The maximum atomic E-state index is 12.9. The number of amides is 1. The third-order valence-electron chi connectivity index (χ3n) is 6.94. The zero-order valence-corrected chi connectivity index (χ0v) is 25.8. The van der Waals surface area contributed by atoms with Gasteiger partial charge in [0.25, 0.3) is 12.3 Å². The molecule has 0 radical (unpaired) electrons. The summed E-state index contributed by atoms with van der Waals surface area (Å²) in [6.07, 6.45) is -3.82. The van der Waals surface area contributed by atoms with Gasteiger partial charge >= 0.3 is 6.36 Å². The molecule has 3 N–H and O–H groups in total. The third-order valence-corrected chi connectivity index (χ3v) is 7.27. The average Bonchev–Trinajstić information content (AvgIpc) is 2.97. The summed E-state index contributed by atoms with van der Waals surface area (Å²) in [5.41, 5.74) is 2.13. The molecule has 3 aromatic carbocycles. The van der Waals surface area contributed by atoms with E-state index in [1.807, 2.05) is 6.07 Å². The Bertz CT molecular complexity index is 1410. The minimum atomic E-state index is -4.62. The number of nitrogens with one attached hydrogen (secondary N) is 3. The van der Waals surface area contributed by atoms with Crippen LogP contribution in [0, 0.1) is 11.8 Å². The summed E-state index contributed by atoms with van der Waals surface area (Å²) in [7, 11) is 1.68. The fourth-order valence-electron chi connectivity index (χ4n) is 5.07. The van der Waals surface area contributed by atoms with E-state index in [1.54, 1.807) is 19.2 Å². The fraction of sp³-hybridized carbons (Fsp3) is 0.375. The normalized spacial score (nSPS) is 17.9. The molecule has 1 fully saturated rings. The van der Waals surface area contributed by atoms with Crippen LogP contribution in [-0.2, 0) is 4.79 Å². The summed E-state index contributed by atoms with van der Waals surface area (Å²) >= 11 is 5.99. The molecule has 1 saturated carbocycles. The van der Waals surface area contributed by atoms with E-state index >= 15 is 0 Å². The lowest BCUT2D eigenvalue weighted by Crippen LogP contribution is -2.30. The number of anilines is 3. The number of carbonyl (C=O) groups excluding carboxylic acids is 1. The van der Waals surface area contributed by atoms with Gasteiger partial charge < -0.3 is 25.4 Å². The molecule has 244 valence electrons. The van der Waals surface area contributed by atoms with Crippen LogP contribution in [0.4, 0.5) is 44.7 Å². The van der Waals surface area contributed by atoms with Crippen molar-refractivity contribution in [2.45, 2.75) is 51.9 Å². The van der Waals surface area contributed by atoms with Crippen molar-refractivity contribution in [3.63, 3.8) is 0 Å². The number of hydrogen-bond acceptors (Lipinski definition) is 6. The van der Waals surface area contributed by atoms with Gasteiger partial charge in [0.1, 0.15) is 11.5 Å². The largest absolute Gasteiger partial charge is 0.573 e. The molecule has 0 heterocycles. The summed E-state index contributed by atoms with van der Waals surface area (Å²) in [6, 6.07) is 14.9. The summed E-state index contributed by atoms with van der Waals surface area (Å²) in [5.74, 6) is 1.07. The molecule has 0 bridgehead atoms. The predicted octanol–water partition coefficient (Wildman–Crippen LogP) is 9.49. The van der Waals surface area contributed by atoms with Crippen molar-refractivity contribution in [3.05, 3.63) is 71.2 Å². The van der Waals surface area contributed by atoms with Gasteiger partial charge in [-0.1, -0.05) is 31.5 Å². The standard InChI is InChI=1S/C24H28ClF2N3O2.C8H8F3NO/c1-14-8-15(2)10-17(9-14)29-20-7-5-18(12-22(20)28-3)32-13-23(31)30-21-11-16(24(26)27)4-6-19(21)25;1-12-6-2-4-7(5-3-6)13-8(9,10)11/h4-7,11-12,14-15,17,24,29H,3,8-10,13H2,1-2H3,(H,30,31);2-5,12H,1H3. The molecule has 13 heteroatoms. The Morgan fingerprint density at radius 1 is 0.978 bits per heavy atom. The second-order valence-corrected chi connectivity index (χ2v) is 11.2. The molecule has 1 amide bonds. The van der Waals surface area contributed by atoms with Gasteiger partial charge in [0.15, 0.2) is 6.61 Å². The highest BCUT2D eigenvalue weighted by atomic mass is 35.5. The van der Waals surface area contributed by atoms with Crippen LogP contribution in [0.15, 0.2) is 65.7 Å². The maximum absolute atomic E-state index is 12.9. The SMILES string of the molecule is C=Nc1cc(OCC(=O)Nc2cc(C(F)F)ccc2Cl)ccc1NC1CC(C)CC(C)C1.CNc1ccc(OC(F)(F)F)cc1. The number of hydrogen-bond donors (Lipinski definition) is 3. The van der Waals surface area contributed by atoms with Crippen molar-refractivity contribution in [1.29, 1.82) is 0 Å². The van der Waals surface area contributed by atoms with Gasteiger partial charge in [-0.2, -0.15) is 0 Å². The molecule has 1 aliphatic rings. The Kier molecular flexibility index (Phi) is 12.8. The van der Waals surface area contributed by atoms with E-state index in [4.69, 9.17) is 16.3 Å². The number of carbonyl (C=O) groups is 1. The van der Waals surface area contributed by atoms with Crippen molar-refractivity contribution >= 4 is 47.0 Å². The molecular formula is C32H36ClF5N4O3. The van der Waals surface area contributed by atoms with Gasteiger partial charge in [-0.3, -0.25) is 9.79 Å². The lowest BCUT2D eigenvalue weighted by Gasteiger charge is -2.32. The minimum Gasteiger partial charge on any atom is -0.484 e. The zero-order valence-electron chi connectivity index (χ0n) is 25.1. The summed E-state index contributed by atoms with van der Waals surface area (Å²) in [4.78, 5) is 16.3. The highest BCUT2D eigenvalue weighted by Gasteiger charge is 2.31. The van der Waals surface area contributed by atoms with Crippen LogP contribution in [0.1, 0.15) is 45.1 Å². The van der Waals surface area contributed by atoms with Crippen LogP contribution in [0.3, 0.4) is 0 Å². The molecule has 2 atom stereocenters. The number of nitrogens with zero attached hydrogens (tertiary/aromatic N) is 1. The fourth-order valence-corrected chi connectivity index (χ4v) is 5.24. The molecule has 0 aromatic heterocycles. The first kappa shape index (κ1) is 35.4. The third kappa shape index (κ3) is 11.8. The Morgan fingerprint density at radius 2 is 1.62 bits per heavy atom. The predicted molar refractivity (Wildman–Crippen MR) is 168 cm³/mol. The number of benzene rings is 3. The average molecular weight is 655 g/mol. The maximum Gasteiger partial charge on any atom is 0.573 e. The van der Waals surface area contributed by atoms with E-state index in [9.17, 15) is 26.7 Å². The van der Waals surface area contributed by atoms with Gasteiger partial charge in [0.05, 0.1) is 22.1 Å². The number of rotatable bonds is 10. The Hall–Kier alpha value is -4.06. The van der Waals surface area contributed by atoms with Gasteiger partial charge in [-0.25, -0.2) is 8.78 Å². The lowest BCUT2D eigenvalue weighted by atomic mass is 9.80. The minimum absolute atomic E-state index is 0.113. The van der Waals surface area contributed by atoms with Crippen molar-refractivity contribution in [3.8, 4) is 11.5 Å². The van der Waals surface area contributed by atoms with Crippen LogP contribution in [0.25, 0.3) is 0 Å². The topological polar surface area (TPSA) is 84.0 Å². The van der Waals surface area contributed by atoms with Gasteiger partial charge in [0.2, 0.25) is 0 Å². The molecule has 4 rings (SSSR count). The van der Waals surface area contributed by atoms with Crippen LogP contribution in [-0.4, -0.2) is 38.7 Å². The van der Waals surface area contributed by atoms with Gasteiger partial charge in [-0.05, 0) is 86.3 Å². The van der Waals surface area contributed by atoms with Gasteiger partial charge in [0, 0.05) is 30.4 Å². The van der Waals surface area contributed by atoms with Crippen molar-refractivity contribution < 1.29 is 36.2 Å². The van der Waals surface area contributed by atoms with E-state index in [0.29, 0.717) is 29.3 Å². The highest BCUT2D eigenvalue weighted by molar-refractivity contribution is 6.33. The first-order chi connectivity index (χ1) is 21.3. The smallest absolute Gasteiger partial charge is 0.484 e. The van der Waals surface area contributed by atoms with Crippen LogP contribution >= 0.6 is 11.6 Å². The second-order valence-electron chi connectivity index (χ2n) is 10.8. The summed E-state index contributed by atoms with van der Waals surface area (Å²) in [5, 5.41) is 9.01. The van der Waals surface area contributed by atoms with Crippen molar-refractivity contribution in [1.82, 2.24) is 0 Å². The van der Waals surface area contributed by atoms with Crippen LogP contribution in [0.5, 0.6) is 11.5 Å². The van der Waals surface area contributed by atoms with Gasteiger partial charge in [-0.15, -0.1) is 13.2 Å². The Balaban J connectivity index is 0.000000355. The van der Waals surface area contributed by atoms with Crippen molar-refractivity contribution in [2.75, 3.05) is 29.6 Å². The molecule has 1 aliphatic carbocycles. The monoisotopic (exact) mass is 654 g/mol. The molecule has 45 heavy (non-hydrogen) atoms. The zero-order chi connectivity index (χ0) is 33.1. The van der Waals surface area contributed by atoms with Crippen LogP contribution in [0.2, 0.25) is 5.02 Å². The van der Waals surface area contributed by atoms with E-state index < -0.39 is 18.7 Å². The molecule has 2 unspecified atom stereocenters.